The van der Waals surface area contributed by atoms with Crippen LogP contribution >= 0.6 is 0 Å². The zero-order chi connectivity index (χ0) is 12.7. The Kier molecular flexibility index (Phi) is 5.63. The summed E-state index contributed by atoms with van der Waals surface area (Å²) < 4.78 is 13.3. The molecule has 3 nitrogen and oxygen atoms in total. The maximum absolute atomic E-state index is 13.3. The summed E-state index contributed by atoms with van der Waals surface area (Å²) >= 11 is 0. The molecule has 1 atom stereocenters. The summed E-state index contributed by atoms with van der Waals surface area (Å²) in [5.74, 6) is -0.494. The van der Waals surface area contributed by atoms with Gasteiger partial charge in [-0.25, -0.2) is 4.39 Å². The Balaban J connectivity index is 2.52. The first-order chi connectivity index (χ1) is 8.19. The second-order valence-electron chi connectivity index (χ2n) is 4.04. The van der Waals surface area contributed by atoms with Crippen LogP contribution in [0.3, 0.4) is 0 Å². The summed E-state index contributed by atoms with van der Waals surface area (Å²) in [6, 6.07) is 5.98. The van der Waals surface area contributed by atoms with Crippen molar-refractivity contribution >= 4 is 5.91 Å². The molecule has 0 aliphatic carbocycles. The van der Waals surface area contributed by atoms with E-state index in [-0.39, 0.29) is 11.5 Å². The van der Waals surface area contributed by atoms with Gasteiger partial charge in [0.15, 0.2) is 0 Å². The molecule has 0 saturated carbocycles. The summed E-state index contributed by atoms with van der Waals surface area (Å²) in [7, 11) is 0. The number of carbonyl (C=O) groups is 1. The molecule has 0 aliphatic heterocycles. The van der Waals surface area contributed by atoms with Crippen molar-refractivity contribution in [3.8, 4) is 0 Å². The van der Waals surface area contributed by atoms with Crippen LogP contribution in [-0.2, 0) is 0 Å². The van der Waals surface area contributed by atoms with Crippen molar-refractivity contribution in [2.45, 2.75) is 19.8 Å². The predicted molar refractivity (Wildman–Crippen MR) is 66.2 cm³/mol. The van der Waals surface area contributed by atoms with Gasteiger partial charge in [0, 0.05) is 6.54 Å². The average Bonchev–Trinajstić information content (AvgIpc) is 2.34. The van der Waals surface area contributed by atoms with E-state index < -0.39 is 5.82 Å². The van der Waals surface area contributed by atoms with Crippen LogP contribution in [0.4, 0.5) is 4.39 Å². The second kappa shape index (κ2) is 7.01. The summed E-state index contributed by atoms with van der Waals surface area (Å²) in [4.78, 5) is 11.7. The lowest BCUT2D eigenvalue weighted by Crippen LogP contribution is -2.30. The first-order valence-electron chi connectivity index (χ1n) is 5.91. The van der Waals surface area contributed by atoms with E-state index in [1.807, 2.05) is 0 Å². The van der Waals surface area contributed by atoms with E-state index in [4.69, 9.17) is 5.73 Å². The van der Waals surface area contributed by atoms with Crippen LogP contribution in [0.15, 0.2) is 24.3 Å². The smallest absolute Gasteiger partial charge is 0.254 e. The van der Waals surface area contributed by atoms with Gasteiger partial charge in [-0.05, 0) is 31.0 Å². The highest BCUT2D eigenvalue weighted by atomic mass is 19.1. The number of halogens is 1. The van der Waals surface area contributed by atoms with Crippen molar-refractivity contribution < 1.29 is 9.18 Å². The molecule has 0 aromatic heterocycles. The normalized spacial score (nSPS) is 12.2. The van der Waals surface area contributed by atoms with Gasteiger partial charge in [0.2, 0.25) is 0 Å². The Morgan fingerprint density at radius 1 is 1.47 bits per heavy atom. The van der Waals surface area contributed by atoms with Crippen molar-refractivity contribution in [2.24, 2.45) is 11.7 Å². The highest BCUT2D eigenvalue weighted by Crippen LogP contribution is 2.08. The number of rotatable bonds is 6. The van der Waals surface area contributed by atoms with Crippen molar-refractivity contribution in [3.05, 3.63) is 35.6 Å². The molecule has 1 aromatic rings. The van der Waals surface area contributed by atoms with E-state index in [0.717, 1.165) is 12.8 Å². The fraction of sp³-hybridized carbons (Fsp3) is 0.462. The van der Waals surface area contributed by atoms with Gasteiger partial charge < -0.3 is 11.1 Å². The van der Waals surface area contributed by atoms with Gasteiger partial charge in [0.1, 0.15) is 5.82 Å². The van der Waals surface area contributed by atoms with Crippen LogP contribution in [0, 0.1) is 11.7 Å². The molecule has 0 heterocycles. The van der Waals surface area contributed by atoms with Gasteiger partial charge in [-0.1, -0.05) is 25.5 Å². The number of nitrogens with one attached hydrogen (secondary N) is 1. The van der Waals surface area contributed by atoms with Crippen molar-refractivity contribution in [3.63, 3.8) is 0 Å². The molecule has 0 aliphatic rings. The SMILES string of the molecule is CCC(CCN)CNC(=O)c1ccccc1F. The number of nitrogens with two attached hydrogens (primary N) is 1. The fourth-order valence-corrected chi connectivity index (χ4v) is 1.66. The molecular formula is C13H19FN2O. The molecule has 3 N–H and O–H groups in total. The average molecular weight is 238 g/mol. The highest BCUT2D eigenvalue weighted by molar-refractivity contribution is 5.94. The molecule has 4 heteroatoms. The van der Waals surface area contributed by atoms with E-state index in [0.29, 0.717) is 19.0 Å². The van der Waals surface area contributed by atoms with Crippen molar-refractivity contribution in [1.82, 2.24) is 5.32 Å². The molecule has 1 amide bonds. The lowest BCUT2D eigenvalue weighted by atomic mass is 10.0. The Morgan fingerprint density at radius 3 is 2.76 bits per heavy atom. The summed E-state index contributed by atoms with van der Waals surface area (Å²) in [6.45, 7) is 3.20. The van der Waals surface area contributed by atoms with Crippen LogP contribution in [0.25, 0.3) is 0 Å². The first-order valence-corrected chi connectivity index (χ1v) is 5.91. The Bertz CT molecular complexity index is 368. The van der Waals surface area contributed by atoms with E-state index in [2.05, 4.69) is 12.2 Å². The lowest BCUT2D eigenvalue weighted by molar-refractivity contribution is 0.0942. The Hall–Kier alpha value is -1.42. The van der Waals surface area contributed by atoms with Gasteiger partial charge in [-0.2, -0.15) is 0 Å². The summed E-state index contributed by atoms with van der Waals surface area (Å²) in [5.41, 5.74) is 5.57. The van der Waals surface area contributed by atoms with E-state index >= 15 is 0 Å². The van der Waals surface area contributed by atoms with Gasteiger partial charge in [-0.15, -0.1) is 0 Å². The van der Waals surface area contributed by atoms with Gasteiger partial charge in [0.05, 0.1) is 5.56 Å². The van der Waals surface area contributed by atoms with Crippen LogP contribution in [0.2, 0.25) is 0 Å². The first kappa shape index (κ1) is 13.6. The van der Waals surface area contributed by atoms with Crippen LogP contribution in [0.1, 0.15) is 30.1 Å². The molecule has 0 bridgehead atoms. The molecule has 1 unspecified atom stereocenters. The Labute approximate surface area is 101 Å². The monoisotopic (exact) mass is 238 g/mol. The maximum Gasteiger partial charge on any atom is 0.254 e. The van der Waals surface area contributed by atoms with Crippen LogP contribution in [-0.4, -0.2) is 19.0 Å². The van der Waals surface area contributed by atoms with Crippen molar-refractivity contribution in [2.75, 3.05) is 13.1 Å². The largest absolute Gasteiger partial charge is 0.352 e. The third-order valence-corrected chi connectivity index (χ3v) is 2.82. The third-order valence-electron chi connectivity index (χ3n) is 2.82. The third kappa shape index (κ3) is 4.15. The summed E-state index contributed by atoms with van der Waals surface area (Å²) in [6.07, 6.45) is 1.82. The fourth-order valence-electron chi connectivity index (χ4n) is 1.66. The zero-order valence-corrected chi connectivity index (χ0v) is 10.1. The quantitative estimate of drug-likeness (QED) is 0.795. The van der Waals surface area contributed by atoms with Gasteiger partial charge in [0.25, 0.3) is 5.91 Å². The van der Waals surface area contributed by atoms with E-state index in [1.165, 1.54) is 12.1 Å². The standard InChI is InChI=1S/C13H19FN2O/c1-2-10(7-8-15)9-16-13(17)11-5-3-4-6-12(11)14/h3-6,10H,2,7-9,15H2,1H3,(H,16,17). The zero-order valence-electron chi connectivity index (χ0n) is 10.1. The van der Waals surface area contributed by atoms with Gasteiger partial charge in [-0.3, -0.25) is 4.79 Å². The second-order valence-corrected chi connectivity index (χ2v) is 4.04. The van der Waals surface area contributed by atoms with E-state index in [1.54, 1.807) is 12.1 Å². The minimum Gasteiger partial charge on any atom is -0.352 e. The molecule has 17 heavy (non-hydrogen) atoms. The number of hydrogen-bond acceptors (Lipinski definition) is 2. The molecule has 0 radical (unpaired) electrons. The molecule has 0 spiro atoms. The molecule has 1 rings (SSSR count). The van der Waals surface area contributed by atoms with Crippen LogP contribution < -0.4 is 11.1 Å². The Morgan fingerprint density at radius 2 is 2.18 bits per heavy atom. The maximum atomic E-state index is 13.3. The molecule has 94 valence electrons. The lowest BCUT2D eigenvalue weighted by Gasteiger charge is -2.14. The predicted octanol–water partition coefficient (Wildman–Crippen LogP) is 1.93. The topological polar surface area (TPSA) is 55.1 Å². The molecule has 1 aromatic carbocycles. The molecule has 0 saturated heterocycles. The number of hydrogen-bond donors (Lipinski definition) is 2. The highest BCUT2D eigenvalue weighted by Gasteiger charge is 2.12. The molecule has 0 fully saturated rings. The number of benzene rings is 1. The van der Waals surface area contributed by atoms with E-state index in [9.17, 15) is 9.18 Å². The minimum absolute atomic E-state index is 0.0927. The summed E-state index contributed by atoms with van der Waals surface area (Å²) in [5, 5.41) is 2.74. The molecular weight excluding hydrogens is 219 g/mol. The van der Waals surface area contributed by atoms with Crippen molar-refractivity contribution in [1.29, 1.82) is 0 Å². The van der Waals surface area contributed by atoms with Gasteiger partial charge >= 0.3 is 0 Å². The number of carbonyl (C=O) groups excluding carboxylic acids is 1. The number of amides is 1. The minimum atomic E-state index is -0.489. The van der Waals surface area contributed by atoms with Crippen LogP contribution in [0.5, 0.6) is 0 Å².